The zero-order chi connectivity index (χ0) is 39.1. The lowest BCUT2D eigenvalue weighted by molar-refractivity contribution is 0.0685. The van der Waals surface area contributed by atoms with E-state index < -0.39 is 40.6 Å². The number of benzene rings is 5. The highest BCUT2D eigenvalue weighted by Gasteiger charge is 2.41. The van der Waals surface area contributed by atoms with Gasteiger partial charge in [0, 0.05) is 39.0 Å². The van der Waals surface area contributed by atoms with Crippen LogP contribution in [0.2, 0.25) is 0 Å². The van der Waals surface area contributed by atoms with Crippen molar-refractivity contribution in [2.45, 2.75) is 51.0 Å². The van der Waals surface area contributed by atoms with Crippen molar-refractivity contribution in [2.24, 2.45) is 11.5 Å². The van der Waals surface area contributed by atoms with E-state index >= 15 is 0 Å². The lowest BCUT2D eigenvalue weighted by atomic mass is 9.67. The molecule has 0 saturated heterocycles. The van der Waals surface area contributed by atoms with Crippen molar-refractivity contribution in [3.63, 3.8) is 0 Å². The lowest BCUT2D eigenvalue weighted by Gasteiger charge is -2.42. The molecule has 0 bridgehead atoms. The summed E-state index contributed by atoms with van der Waals surface area (Å²) in [6.07, 6.45) is 0.317. The molecule has 0 aromatic heterocycles. The molecule has 1 aliphatic heterocycles. The number of amidine groups is 1. The lowest BCUT2D eigenvalue weighted by Crippen LogP contribution is -2.36. The number of primary amides is 1. The first-order valence-electron chi connectivity index (χ1n) is 17.3. The molecule has 1 aliphatic rings. The van der Waals surface area contributed by atoms with Gasteiger partial charge < -0.3 is 32.3 Å². The van der Waals surface area contributed by atoms with Gasteiger partial charge in [-0.05, 0) is 94.3 Å². The molecule has 54 heavy (non-hydrogen) atoms. The maximum atomic E-state index is 13.5. The minimum atomic E-state index is -1.28. The summed E-state index contributed by atoms with van der Waals surface area (Å²) in [6.45, 7) is 7.80. The Labute approximate surface area is 312 Å². The van der Waals surface area contributed by atoms with Gasteiger partial charge in [0.05, 0.1) is 17.2 Å². The SMILES string of the molecule is CC(C)(C)c1cc(C(=O)O)cc(C(=O)Nc2cccc(-c3ccc(C(N)=O)c(C4CC(C)(c5ccccc5)c5cc(C(=N)N)ccc5N4)c3C(=O)O)c2)c1. The number of carboxylic acids is 2. The summed E-state index contributed by atoms with van der Waals surface area (Å²) in [4.78, 5) is 51.8. The summed E-state index contributed by atoms with van der Waals surface area (Å²) in [7, 11) is 0. The molecule has 2 amide bonds. The summed E-state index contributed by atoms with van der Waals surface area (Å²) in [5.41, 5.74) is 15.7. The molecule has 5 aromatic rings. The number of carbonyl (C=O) groups excluding carboxylic acids is 2. The molecule has 2 atom stereocenters. The quantitative estimate of drug-likeness (QED) is 0.0595. The van der Waals surface area contributed by atoms with Crippen LogP contribution >= 0.6 is 0 Å². The van der Waals surface area contributed by atoms with E-state index in [1.54, 1.807) is 48.5 Å². The van der Waals surface area contributed by atoms with Crippen LogP contribution in [-0.4, -0.2) is 39.8 Å². The minimum absolute atomic E-state index is 0.0175. The number of amides is 2. The molecule has 9 N–H and O–H groups in total. The first-order valence-corrected chi connectivity index (χ1v) is 17.3. The van der Waals surface area contributed by atoms with Gasteiger partial charge in [-0.25, -0.2) is 9.59 Å². The fourth-order valence-electron chi connectivity index (χ4n) is 7.25. The van der Waals surface area contributed by atoms with Crippen molar-refractivity contribution in [1.29, 1.82) is 5.41 Å². The fourth-order valence-corrected chi connectivity index (χ4v) is 7.25. The van der Waals surface area contributed by atoms with Crippen molar-refractivity contribution in [3.05, 3.63) is 153 Å². The van der Waals surface area contributed by atoms with E-state index in [1.807, 2.05) is 64.1 Å². The van der Waals surface area contributed by atoms with Crippen molar-refractivity contribution in [3.8, 4) is 11.1 Å². The largest absolute Gasteiger partial charge is 0.478 e. The van der Waals surface area contributed by atoms with Crippen LogP contribution in [0.3, 0.4) is 0 Å². The number of nitrogens with two attached hydrogens (primary N) is 2. The van der Waals surface area contributed by atoms with Crippen LogP contribution in [0, 0.1) is 5.41 Å². The number of nitrogens with one attached hydrogen (secondary N) is 3. The second-order valence-electron chi connectivity index (χ2n) is 14.8. The topological polar surface area (TPSA) is 209 Å². The number of rotatable bonds is 9. The van der Waals surface area contributed by atoms with Gasteiger partial charge in [0.15, 0.2) is 0 Å². The Balaban J connectivity index is 1.46. The predicted molar refractivity (Wildman–Crippen MR) is 209 cm³/mol. The summed E-state index contributed by atoms with van der Waals surface area (Å²) in [6, 6.07) is 28.6. The van der Waals surface area contributed by atoms with E-state index in [0.29, 0.717) is 40.0 Å². The van der Waals surface area contributed by atoms with Crippen molar-refractivity contribution >= 4 is 41.0 Å². The Hall–Kier alpha value is -6.75. The molecule has 0 spiro atoms. The van der Waals surface area contributed by atoms with Gasteiger partial charge in [0.25, 0.3) is 5.91 Å². The molecule has 1 heterocycles. The number of hydrogen-bond donors (Lipinski definition) is 7. The summed E-state index contributed by atoms with van der Waals surface area (Å²) < 4.78 is 0. The second-order valence-corrected chi connectivity index (χ2v) is 14.8. The summed E-state index contributed by atoms with van der Waals surface area (Å²) in [5.74, 6) is -3.86. The Morgan fingerprint density at radius 3 is 2.15 bits per heavy atom. The first kappa shape index (κ1) is 37.0. The molecule has 0 fully saturated rings. The van der Waals surface area contributed by atoms with Gasteiger partial charge >= 0.3 is 11.9 Å². The van der Waals surface area contributed by atoms with Gasteiger partial charge in [-0.2, -0.15) is 0 Å². The highest BCUT2D eigenvalue weighted by Crippen LogP contribution is 2.50. The molecule has 0 saturated carbocycles. The molecular formula is C43H41N5O6. The summed E-state index contributed by atoms with van der Waals surface area (Å²) in [5, 5.41) is 35.0. The number of hydrogen-bond acceptors (Lipinski definition) is 6. The molecule has 6 rings (SSSR count). The van der Waals surface area contributed by atoms with E-state index in [4.69, 9.17) is 16.9 Å². The Kier molecular flexibility index (Phi) is 9.60. The Bertz CT molecular complexity index is 2360. The fraction of sp³-hybridized carbons (Fsp3) is 0.186. The molecule has 11 nitrogen and oxygen atoms in total. The van der Waals surface area contributed by atoms with Gasteiger partial charge in [0.2, 0.25) is 5.91 Å². The smallest absolute Gasteiger partial charge is 0.336 e. The van der Waals surface area contributed by atoms with E-state index in [0.717, 1.165) is 11.1 Å². The average molecular weight is 724 g/mol. The van der Waals surface area contributed by atoms with Gasteiger partial charge in [-0.3, -0.25) is 15.0 Å². The molecule has 0 radical (unpaired) electrons. The third-order valence-corrected chi connectivity index (χ3v) is 10.1. The van der Waals surface area contributed by atoms with Gasteiger partial charge in [0.1, 0.15) is 5.84 Å². The molecule has 11 heteroatoms. The number of nitrogen functional groups attached to an aromatic ring is 1. The van der Waals surface area contributed by atoms with Crippen LogP contribution in [0.25, 0.3) is 11.1 Å². The third kappa shape index (κ3) is 7.03. The highest BCUT2D eigenvalue weighted by molar-refractivity contribution is 6.07. The monoisotopic (exact) mass is 723 g/mol. The van der Waals surface area contributed by atoms with Crippen molar-refractivity contribution < 1.29 is 29.4 Å². The standard InChI is InChI=1S/C43H41N5O6/c1-42(2,3)28-18-25(17-26(19-28)40(51)52)39(50)47-29-12-8-9-23(20-29)30-14-15-31(38(46)49)35(36(30)41(53)54)34-22-43(4,27-10-6-5-7-11-27)32-21-24(37(44)45)13-16-33(32)48-34/h5-21,34,48H,22H2,1-4H3,(H3,44,45)(H2,46,49)(H,47,50)(H,51,52)(H,53,54). The zero-order valence-electron chi connectivity index (χ0n) is 30.3. The van der Waals surface area contributed by atoms with E-state index in [2.05, 4.69) is 10.6 Å². The Morgan fingerprint density at radius 1 is 0.815 bits per heavy atom. The number of aromatic carboxylic acids is 2. The van der Waals surface area contributed by atoms with Crippen LogP contribution in [0.15, 0.2) is 103 Å². The van der Waals surface area contributed by atoms with Crippen molar-refractivity contribution in [1.82, 2.24) is 0 Å². The number of fused-ring (bicyclic) bond motifs is 1. The van der Waals surface area contributed by atoms with Gasteiger partial charge in [-0.15, -0.1) is 0 Å². The Morgan fingerprint density at radius 2 is 1.52 bits per heavy atom. The van der Waals surface area contributed by atoms with Crippen LogP contribution in [0.4, 0.5) is 11.4 Å². The van der Waals surface area contributed by atoms with E-state index in [9.17, 15) is 29.4 Å². The maximum Gasteiger partial charge on any atom is 0.336 e. The van der Waals surface area contributed by atoms with Crippen molar-refractivity contribution in [2.75, 3.05) is 10.6 Å². The summed E-state index contributed by atoms with van der Waals surface area (Å²) >= 11 is 0. The highest BCUT2D eigenvalue weighted by atomic mass is 16.4. The molecule has 0 aliphatic carbocycles. The average Bonchev–Trinajstić information content (AvgIpc) is 3.13. The van der Waals surface area contributed by atoms with Gasteiger partial charge in [-0.1, -0.05) is 76.2 Å². The van der Waals surface area contributed by atoms with E-state index in [-0.39, 0.29) is 33.7 Å². The predicted octanol–water partition coefficient (Wildman–Crippen LogP) is 7.55. The zero-order valence-corrected chi connectivity index (χ0v) is 30.3. The maximum absolute atomic E-state index is 13.5. The number of carbonyl (C=O) groups is 4. The first-order chi connectivity index (χ1) is 25.5. The molecule has 5 aromatic carbocycles. The van der Waals surface area contributed by atoms with Crippen LogP contribution in [0.1, 0.15) is 109 Å². The normalized spacial score (nSPS) is 16.4. The number of anilines is 2. The van der Waals surface area contributed by atoms with Crippen LogP contribution < -0.4 is 22.1 Å². The minimum Gasteiger partial charge on any atom is -0.478 e. The second kappa shape index (κ2) is 14.0. The van der Waals surface area contributed by atoms with Crippen LogP contribution in [-0.2, 0) is 10.8 Å². The third-order valence-electron chi connectivity index (χ3n) is 10.1. The van der Waals surface area contributed by atoms with Crippen LogP contribution in [0.5, 0.6) is 0 Å². The molecular weight excluding hydrogens is 683 g/mol. The molecule has 274 valence electrons. The van der Waals surface area contributed by atoms with E-state index in [1.165, 1.54) is 18.2 Å². The molecule has 2 unspecified atom stereocenters. The number of carboxylic acid groups (broad SMARTS) is 2.